The molecular formula is C25H35Cl2N5O. The number of carbonyl (C=O) groups excluding carboxylic acids is 1. The third-order valence-corrected chi connectivity index (χ3v) is 6.07. The van der Waals surface area contributed by atoms with E-state index >= 15 is 0 Å². The molecule has 1 aromatic carbocycles. The fraction of sp³-hybridized carbons (Fsp3) is 0.480. The topological polar surface area (TPSA) is 77.0 Å². The lowest BCUT2D eigenvalue weighted by Crippen LogP contribution is -2.29. The average molecular weight is 492 g/mol. The molecule has 4 rings (SSSR count). The van der Waals surface area contributed by atoms with Crippen molar-refractivity contribution >= 4 is 41.8 Å². The molecule has 33 heavy (non-hydrogen) atoms. The molecule has 0 spiro atoms. The lowest BCUT2D eigenvalue weighted by Gasteiger charge is -2.17. The Morgan fingerprint density at radius 3 is 2.76 bits per heavy atom. The Bertz CT molecular complexity index is 1040. The second-order valence-electron chi connectivity index (χ2n) is 9.09. The summed E-state index contributed by atoms with van der Waals surface area (Å²) in [5.74, 6) is 2.22. The number of carbonyl (C=O) groups is 1. The van der Waals surface area contributed by atoms with Gasteiger partial charge < -0.3 is 15.2 Å². The molecule has 0 saturated carbocycles. The zero-order valence-corrected chi connectivity index (χ0v) is 21.1. The van der Waals surface area contributed by atoms with Gasteiger partial charge in [0.15, 0.2) is 0 Å². The molecular weight excluding hydrogens is 457 g/mol. The van der Waals surface area contributed by atoms with Gasteiger partial charge in [0, 0.05) is 44.0 Å². The van der Waals surface area contributed by atoms with E-state index < -0.39 is 0 Å². The number of hydrogen-bond acceptors (Lipinski definition) is 4. The van der Waals surface area contributed by atoms with Crippen LogP contribution in [0.4, 0.5) is 0 Å². The lowest BCUT2D eigenvalue weighted by molar-refractivity contribution is 0.0787. The molecule has 1 saturated heterocycles. The summed E-state index contributed by atoms with van der Waals surface area (Å²) in [6.07, 6.45) is 7.56. The fourth-order valence-electron chi connectivity index (χ4n) is 4.54. The number of aryl methyl sites for hydroxylation is 1. The maximum Gasteiger partial charge on any atom is 0.253 e. The highest BCUT2D eigenvalue weighted by Gasteiger charge is 2.27. The van der Waals surface area contributed by atoms with Crippen molar-refractivity contribution in [2.45, 2.75) is 46.1 Å². The second kappa shape index (κ2) is 12.4. The number of imidazole rings is 1. The van der Waals surface area contributed by atoms with Crippen molar-refractivity contribution in [3.8, 4) is 0 Å². The van der Waals surface area contributed by atoms with Crippen LogP contribution in [0.15, 0.2) is 42.7 Å². The summed E-state index contributed by atoms with van der Waals surface area (Å²) in [4.78, 5) is 24.3. The minimum Gasteiger partial charge on any atom is -0.338 e. The van der Waals surface area contributed by atoms with Crippen molar-refractivity contribution in [2.24, 2.45) is 17.6 Å². The highest BCUT2D eigenvalue weighted by Crippen LogP contribution is 2.25. The number of aromatic nitrogens is 3. The van der Waals surface area contributed by atoms with Crippen molar-refractivity contribution in [1.29, 1.82) is 0 Å². The molecule has 3 aromatic rings. The molecule has 2 N–H and O–H groups in total. The molecule has 0 radical (unpaired) electrons. The van der Waals surface area contributed by atoms with Crippen molar-refractivity contribution in [3.63, 3.8) is 0 Å². The van der Waals surface area contributed by atoms with Gasteiger partial charge in [-0.1, -0.05) is 19.9 Å². The SMILES string of the molecule is CC(C)Cc1nc2ccc(C(=O)N3CCC(Cc4cccnc4)C3)cc2n1CCCN.Cl.Cl. The van der Waals surface area contributed by atoms with Gasteiger partial charge >= 0.3 is 0 Å². The summed E-state index contributed by atoms with van der Waals surface area (Å²) in [5, 5.41) is 0. The Morgan fingerprint density at radius 1 is 1.24 bits per heavy atom. The number of halogens is 2. The number of likely N-dealkylation sites (tertiary alicyclic amines) is 1. The lowest BCUT2D eigenvalue weighted by atomic mass is 10.00. The van der Waals surface area contributed by atoms with Gasteiger partial charge in [-0.25, -0.2) is 4.98 Å². The summed E-state index contributed by atoms with van der Waals surface area (Å²) in [7, 11) is 0. The second-order valence-corrected chi connectivity index (χ2v) is 9.09. The van der Waals surface area contributed by atoms with Crippen LogP contribution in [0.25, 0.3) is 11.0 Å². The number of benzene rings is 1. The molecule has 1 unspecified atom stereocenters. The number of amides is 1. The predicted octanol–water partition coefficient (Wildman–Crippen LogP) is 4.53. The number of nitrogens with two attached hydrogens (primary N) is 1. The minimum absolute atomic E-state index is 0. The van der Waals surface area contributed by atoms with Crippen LogP contribution in [-0.2, 0) is 19.4 Å². The molecule has 0 aliphatic carbocycles. The summed E-state index contributed by atoms with van der Waals surface area (Å²) in [6.45, 7) is 7.51. The monoisotopic (exact) mass is 491 g/mol. The van der Waals surface area contributed by atoms with Gasteiger partial charge in [-0.15, -0.1) is 24.8 Å². The number of hydrogen-bond donors (Lipinski definition) is 1. The molecule has 0 bridgehead atoms. The highest BCUT2D eigenvalue weighted by atomic mass is 35.5. The van der Waals surface area contributed by atoms with Gasteiger partial charge in [0.2, 0.25) is 0 Å². The first-order valence-electron chi connectivity index (χ1n) is 11.4. The molecule has 1 amide bonds. The quantitative estimate of drug-likeness (QED) is 0.502. The van der Waals surface area contributed by atoms with Crippen LogP contribution in [-0.4, -0.2) is 45.0 Å². The molecule has 2 aromatic heterocycles. The Kier molecular flexibility index (Phi) is 10.1. The first kappa shape index (κ1) is 27.1. The average Bonchev–Trinajstić information content (AvgIpc) is 3.36. The zero-order chi connectivity index (χ0) is 21.8. The molecule has 1 aliphatic rings. The fourth-order valence-corrected chi connectivity index (χ4v) is 4.54. The number of nitrogens with zero attached hydrogens (tertiary/aromatic N) is 4. The number of pyridine rings is 1. The summed E-state index contributed by atoms with van der Waals surface area (Å²) in [6, 6.07) is 10.0. The number of fused-ring (bicyclic) bond motifs is 1. The van der Waals surface area contributed by atoms with Crippen LogP contribution >= 0.6 is 24.8 Å². The van der Waals surface area contributed by atoms with E-state index in [0.29, 0.717) is 18.4 Å². The smallest absolute Gasteiger partial charge is 0.253 e. The number of rotatable bonds is 8. The van der Waals surface area contributed by atoms with Crippen molar-refractivity contribution in [2.75, 3.05) is 19.6 Å². The van der Waals surface area contributed by atoms with Gasteiger partial charge in [-0.05, 0) is 67.5 Å². The third kappa shape index (κ3) is 6.46. The molecule has 8 heteroatoms. The van der Waals surface area contributed by atoms with Crippen molar-refractivity contribution in [1.82, 2.24) is 19.4 Å². The van der Waals surface area contributed by atoms with Crippen LogP contribution in [0.5, 0.6) is 0 Å². The van der Waals surface area contributed by atoms with Crippen LogP contribution in [0.1, 0.15) is 48.4 Å². The maximum absolute atomic E-state index is 13.3. The van der Waals surface area contributed by atoms with Crippen LogP contribution in [0, 0.1) is 11.8 Å². The van der Waals surface area contributed by atoms with E-state index in [1.54, 1.807) is 6.20 Å². The van der Waals surface area contributed by atoms with Gasteiger partial charge in [-0.3, -0.25) is 9.78 Å². The van der Waals surface area contributed by atoms with E-state index in [1.807, 2.05) is 35.4 Å². The van der Waals surface area contributed by atoms with Crippen LogP contribution in [0.2, 0.25) is 0 Å². The Hall–Kier alpha value is -2.15. The minimum atomic E-state index is 0. The van der Waals surface area contributed by atoms with Gasteiger partial charge in [-0.2, -0.15) is 0 Å². The van der Waals surface area contributed by atoms with Gasteiger partial charge in [0.1, 0.15) is 5.82 Å². The summed E-state index contributed by atoms with van der Waals surface area (Å²) in [5.41, 5.74) is 9.76. The van der Waals surface area contributed by atoms with E-state index in [9.17, 15) is 4.79 Å². The first-order chi connectivity index (χ1) is 15.0. The highest BCUT2D eigenvalue weighted by molar-refractivity contribution is 5.97. The molecule has 1 aliphatic heterocycles. The van der Waals surface area contributed by atoms with E-state index in [4.69, 9.17) is 10.7 Å². The Morgan fingerprint density at radius 2 is 2.06 bits per heavy atom. The molecule has 3 heterocycles. The third-order valence-electron chi connectivity index (χ3n) is 6.07. The molecule has 1 fully saturated rings. The normalized spacial score (nSPS) is 15.5. The van der Waals surface area contributed by atoms with E-state index in [2.05, 4.69) is 29.5 Å². The van der Waals surface area contributed by atoms with Crippen LogP contribution < -0.4 is 5.73 Å². The van der Waals surface area contributed by atoms with E-state index in [-0.39, 0.29) is 30.7 Å². The molecule has 6 nitrogen and oxygen atoms in total. The standard InChI is InChI=1S/C25H33N5O.2ClH/c1-18(2)13-24-28-22-7-6-21(15-23(22)30(24)11-4-9-26)25(31)29-12-8-20(17-29)14-19-5-3-10-27-16-19;;/h3,5-7,10,15-16,18,20H,4,8-9,11-14,17,26H2,1-2H3;2*1H. The molecule has 180 valence electrons. The van der Waals surface area contributed by atoms with Gasteiger partial charge in [0.05, 0.1) is 11.0 Å². The Balaban J connectivity index is 0.00000193. The molecule has 1 atom stereocenters. The maximum atomic E-state index is 13.3. The summed E-state index contributed by atoms with van der Waals surface area (Å²) < 4.78 is 2.26. The van der Waals surface area contributed by atoms with Crippen molar-refractivity contribution < 1.29 is 4.79 Å². The Labute approximate surface area is 208 Å². The largest absolute Gasteiger partial charge is 0.338 e. The van der Waals surface area contributed by atoms with Crippen LogP contribution in [0.3, 0.4) is 0 Å². The van der Waals surface area contributed by atoms with Crippen molar-refractivity contribution in [3.05, 3.63) is 59.7 Å². The summed E-state index contributed by atoms with van der Waals surface area (Å²) >= 11 is 0. The zero-order valence-electron chi connectivity index (χ0n) is 19.4. The van der Waals surface area contributed by atoms with E-state index in [0.717, 1.165) is 67.7 Å². The van der Waals surface area contributed by atoms with Gasteiger partial charge in [0.25, 0.3) is 5.91 Å². The first-order valence-corrected chi connectivity index (χ1v) is 11.4. The van der Waals surface area contributed by atoms with E-state index in [1.165, 1.54) is 5.56 Å². The predicted molar refractivity (Wildman–Crippen MR) is 138 cm³/mol.